The predicted molar refractivity (Wildman–Crippen MR) is 50.3 cm³/mol. The van der Waals surface area contributed by atoms with Crippen LogP contribution in [-0.2, 0) is 0 Å². The van der Waals surface area contributed by atoms with E-state index in [1.54, 1.807) is 4.92 Å². The van der Waals surface area contributed by atoms with Gasteiger partial charge in [-0.05, 0) is 13.0 Å². The van der Waals surface area contributed by atoms with Crippen LogP contribution < -0.4 is 5.43 Å². The van der Waals surface area contributed by atoms with Gasteiger partial charge in [-0.3, -0.25) is 10.3 Å². The molecule has 0 atom stereocenters. The molecule has 2 radical (unpaired) electrons. The molecular weight excluding hydrogens is 135 g/mol. The summed E-state index contributed by atoms with van der Waals surface area (Å²) in [5.41, 5.74) is 3.10. The van der Waals surface area contributed by atoms with Crippen LogP contribution in [0.2, 0.25) is 0 Å². The summed E-state index contributed by atoms with van der Waals surface area (Å²) < 4.78 is 0. The highest BCUT2D eigenvalue weighted by Gasteiger charge is 1.91. The van der Waals surface area contributed by atoms with Crippen LogP contribution in [0.25, 0.3) is 0 Å². The summed E-state index contributed by atoms with van der Waals surface area (Å²) in [6.45, 7) is 6.10. The maximum atomic E-state index is 5.51. The zero-order valence-corrected chi connectivity index (χ0v) is 7.77. The molecule has 0 aromatic heterocycles. The van der Waals surface area contributed by atoms with Gasteiger partial charge in [0.05, 0.1) is 0 Å². The molecule has 0 spiro atoms. The fourth-order valence-corrected chi connectivity index (χ4v) is 0.886. The predicted octanol–water partition coefficient (Wildman–Crippen LogP) is 1.48. The minimum atomic E-state index is 0.855. The van der Waals surface area contributed by atoms with Crippen LogP contribution in [0.4, 0.5) is 0 Å². The highest BCUT2D eigenvalue weighted by atomic mass is 15.4. The van der Waals surface area contributed by atoms with Crippen LogP contribution >= 0.6 is 0 Å². The average molecular weight is 154 g/mol. The molecule has 0 heterocycles. The SMILES string of the molecule is [B]N(CC)NCCCCCC. The molecule has 0 saturated carbocycles. The first-order chi connectivity index (χ1) is 5.31. The zero-order chi connectivity index (χ0) is 8.53. The Balaban J connectivity index is 2.89. The van der Waals surface area contributed by atoms with Crippen molar-refractivity contribution >= 4 is 7.98 Å². The second-order valence-corrected chi connectivity index (χ2v) is 2.75. The van der Waals surface area contributed by atoms with E-state index in [4.69, 9.17) is 7.98 Å². The summed E-state index contributed by atoms with van der Waals surface area (Å²) in [5.74, 6) is 0. The van der Waals surface area contributed by atoms with Gasteiger partial charge < -0.3 is 0 Å². The van der Waals surface area contributed by atoms with Gasteiger partial charge in [0.2, 0.25) is 7.98 Å². The van der Waals surface area contributed by atoms with E-state index in [1.165, 1.54) is 25.7 Å². The lowest BCUT2D eigenvalue weighted by Crippen LogP contribution is -2.35. The maximum Gasteiger partial charge on any atom is 0.206 e. The molecule has 0 aromatic carbocycles. The van der Waals surface area contributed by atoms with Gasteiger partial charge in [0, 0.05) is 6.54 Å². The summed E-state index contributed by atoms with van der Waals surface area (Å²) >= 11 is 0. The van der Waals surface area contributed by atoms with Gasteiger partial charge in [-0.2, -0.15) is 0 Å². The Morgan fingerprint density at radius 3 is 2.45 bits per heavy atom. The van der Waals surface area contributed by atoms with Gasteiger partial charge in [0.25, 0.3) is 0 Å². The Labute approximate surface area is 71.7 Å². The number of nitrogens with zero attached hydrogens (tertiary/aromatic N) is 1. The second kappa shape index (κ2) is 8.09. The Morgan fingerprint density at radius 2 is 1.91 bits per heavy atom. The normalized spacial score (nSPS) is 10.8. The van der Waals surface area contributed by atoms with Gasteiger partial charge in [0.1, 0.15) is 0 Å². The molecule has 2 nitrogen and oxygen atoms in total. The first-order valence-corrected chi connectivity index (χ1v) is 4.57. The van der Waals surface area contributed by atoms with E-state index < -0.39 is 0 Å². The van der Waals surface area contributed by atoms with E-state index in [0.717, 1.165) is 13.1 Å². The van der Waals surface area contributed by atoms with Crippen molar-refractivity contribution in [3.05, 3.63) is 0 Å². The number of unbranched alkanes of at least 4 members (excludes halogenated alkanes) is 3. The van der Waals surface area contributed by atoms with E-state index in [-0.39, 0.29) is 0 Å². The molecular formula is C8H19BN2. The van der Waals surface area contributed by atoms with E-state index in [1.807, 2.05) is 6.92 Å². The standard InChI is InChI=1S/C8H19BN2/c1-3-5-6-7-8-10-11(9)4-2/h10H,3-8H2,1-2H3. The van der Waals surface area contributed by atoms with Gasteiger partial charge in [0.15, 0.2) is 0 Å². The highest BCUT2D eigenvalue weighted by molar-refractivity contribution is 6.03. The highest BCUT2D eigenvalue weighted by Crippen LogP contribution is 1.96. The lowest BCUT2D eigenvalue weighted by atomic mass is 10.2. The van der Waals surface area contributed by atoms with Crippen molar-refractivity contribution in [3.63, 3.8) is 0 Å². The van der Waals surface area contributed by atoms with Crippen LogP contribution in [-0.4, -0.2) is 26.0 Å². The van der Waals surface area contributed by atoms with Gasteiger partial charge in [-0.15, -0.1) is 0 Å². The van der Waals surface area contributed by atoms with E-state index >= 15 is 0 Å². The van der Waals surface area contributed by atoms with E-state index in [0.29, 0.717) is 0 Å². The summed E-state index contributed by atoms with van der Waals surface area (Å²) in [7, 11) is 5.51. The molecule has 0 aliphatic carbocycles. The van der Waals surface area contributed by atoms with Gasteiger partial charge >= 0.3 is 0 Å². The van der Waals surface area contributed by atoms with Crippen LogP contribution in [0.1, 0.15) is 39.5 Å². The van der Waals surface area contributed by atoms with Crippen molar-refractivity contribution in [2.75, 3.05) is 13.1 Å². The fraction of sp³-hybridized carbons (Fsp3) is 1.00. The molecule has 0 rings (SSSR count). The number of rotatable bonds is 7. The number of hydrogen-bond acceptors (Lipinski definition) is 2. The molecule has 0 fully saturated rings. The van der Waals surface area contributed by atoms with Crippen LogP contribution in [0.15, 0.2) is 0 Å². The molecule has 0 unspecified atom stereocenters. The van der Waals surface area contributed by atoms with Crippen LogP contribution in [0.5, 0.6) is 0 Å². The molecule has 0 saturated heterocycles. The summed E-state index contributed by atoms with van der Waals surface area (Å²) in [4.78, 5) is 1.63. The Kier molecular flexibility index (Phi) is 8.07. The smallest absolute Gasteiger partial charge is 0.206 e. The van der Waals surface area contributed by atoms with Crippen molar-refractivity contribution in [3.8, 4) is 0 Å². The van der Waals surface area contributed by atoms with Gasteiger partial charge in [-0.1, -0.05) is 33.1 Å². The quantitative estimate of drug-likeness (QED) is 0.339. The third-order valence-electron chi connectivity index (χ3n) is 1.69. The lowest BCUT2D eigenvalue weighted by molar-refractivity contribution is 0.345. The van der Waals surface area contributed by atoms with E-state index in [2.05, 4.69) is 12.3 Å². The molecule has 0 aliphatic heterocycles. The van der Waals surface area contributed by atoms with Crippen molar-refractivity contribution in [2.24, 2.45) is 0 Å². The maximum absolute atomic E-state index is 5.51. The molecule has 3 heteroatoms. The third-order valence-corrected chi connectivity index (χ3v) is 1.69. The summed E-state index contributed by atoms with van der Waals surface area (Å²) in [6.07, 6.45) is 5.15. The molecule has 0 aliphatic rings. The molecule has 0 aromatic rings. The average Bonchev–Trinajstić information content (AvgIpc) is 2.04. The molecule has 11 heavy (non-hydrogen) atoms. The largest absolute Gasteiger partial charge is 0.298 e. The second-order valence-electron chi connectivity index (χ2n) is 2.75. The fourth-order valence-electron chi connectivity index (χ4n) is 0.886. The van der Waals surface area contributed by atoms with Crippen LogP contribution in [0.3, 0.4) is 0 Å². The lowest BCUT2D eigenvalue weighted by Gasteiger charge is -2.15. The molecule has 1 N–H and O–H groups in total. The van der Waals surface area contributed by atoms with Gasteiger partial charge in [-0.25, -0.2) is 0 Å². The number of hydrogen-bond donors (Lipinski definition) is 1. The number of nitrogens with one attached hydrogen (secondary N) is 1. The minimum Gasteiger partial charge on any atom is -0.298 e. The summed E-state index contributed by atoms with van der Waals surface area (Å²) in [6, 6.07) is 0. The topological polar surface area (TPSA) is 15.3 Å². The van der Waals surface area contributed by atoms with Crippen molar-refractivity contribution in [2.45, 2.75) is 39.5 Å². The first-order valence-electron chi connectivity index (χ1n) is 4.57. The monoisotopic (exact) mass is 154 g/mol. The molecule has 0 amide bonds. The van der Waals surface area contributed by atoms with Crippen molar-refractivity contribution in [1.29, 1.82) is 0 Å². The minimum absolute atomic E-state index is 0.855. The van der Waals surface area contributed by atoms with E-state index in [9.17, 15) is 0 Å². The number of hydrazine groups is 1. The zero-order valence-electron chi connectivity index (χ0n) is 7.77. The Bertz CT molecular complexity index is 78.5. The third kappa shape index (κ3) is 7.89. The van der Waals surface area contributed by atoms with Crippen LogP contribution in [0, 0.1) is 0 Å². The first kappa shape index (κ1) is 11.0. The Hall–Kier alpha value is -0.0151. The molecule has 64 valence electrons. The Morgan fingerprint density at radius 1 is 1.18 bits per heavy atom. The van der Waals surface area contributed by atoms with Crippen molar-refractivity contribution in [1.82, 2.24) is 10.3 Å². The summed E-state index contributed by atoms with van der Waals surface area (Å²) in [5, 5.41) is 0. The molecule has 0 bridgehead atoms. The van der Waals surface area contributed by atoms with Crippen molar-refractivity contribution < 1.29 is 0 Å².